The van der Waals surface area contributed by atoms with E-state index in [-0.39, 0.29) is 30.6 Å². The molecule has 1 aliphatic carbocycles. The number of nitrogens with zero attached hydrogens (tertiary/aromatic N) is 2. The predicted molar refractivity (Wildman–Crippen MR) is 94.1 cm³/mol. The van der Waals surface area contributed by atoms with E-state index in [0.29, 0.717) is 24.4 Å². The number of rotatable bonds is 4. The molecule has 7 nitrogen and oxygen atoms in total. The molecular formula is C17H24N2O5S. The van der Waals surface area contributed by atoms with Gasteiger partial charge < -0.3 is 14.7 Å². The molecule has 0 bridgehead atoms. The van der Waals surface area contributed by atoms with Crippen LogP contribution in [0.4, 0.5) is 5.69 Å². The molecule has 25 heavy (non-hydrogen) atoms. The van der Waals surface area contributed by atoms with E-state index in [1.54, 1.807) is 24.3 Å². The number of morpholine rings is 1. The van der Waals surface area contributed by atoms with Crippen molar-refractivity contribution in [1.82, 2.24) is 4.90 Å². The molecule has 2 fully saturated rings. The summed E-state index contributed by atoms with van der Waals surface area (Å²) in [6, 6.07) is 6.58. The Morgan fingerprint density at radius 3 is 2.60 bits per heavy atom. The van der Waals surface area contributed by atoms with Crippen molar-refractivity contribution in [1.29, 1.82) is 0 Å². The third kappa shape index (κ3) is 3.65. The number of ether oxygens (including phenoxy) is 1. The van der Waals surface area contributed by atoms with Crippen LogP contribution in [0.2, 0.25) is 0 Å². The minimum atomic E-state index is -3.33. The first-order valence-corrected chi connectivity index (χ1v) is 10.2. The smallest absolute Gasteiger partial charge is 0.254 e. The maximum Gasteiger partial charge on any atom is 0.254 e. The number of aliphatic hydroxyl groups is 1. The van der Waals surface area contributed by atoms with Gasteiger partial charge in [-0.25, -0.2) is 8.42 Å². The standard InChI is InChI=1S/C17H24N2O5S/c1-18(25(2,22)23)14-5-3-13(4-6-14)17(21)19-7-8-24-16-10-12(11-20)9-15(16)19/h3-6,12,15-16,20H,7-11H2,1-2H3/t12-,15+,16+/m1/s1. The average molecular weight is 368 g/mol. The molecule has 1 saturated carbocycles. The number of hydrogen-bond acceptors (Lipinski definition) is 5. The number of fused-ring (bicyclic) bond motifs is 1. The van der Waals surface area contributed by atoms with Crippen molar-refractivity contribution in [3.8, 4) is 0 Å². The molecule has 3 atom stereocenters. The van der Waals surface area contributed by atoms with E-state index in [9.17, 15) is 18.3 Å². The Morgan fingerprint density at radius 2 is 2.00 bits per heavy atom. The highest BCUT2D eigenvalue weighted by Crippen LogP contribution is 2.34. The number of anilines is 1. The van der Waals surface area contributed by atoms with Crippen molar-refractivity contribution in [3.05, 3.63) is 29.8 Å². The Morgan fingerprint density at radius 1 is 1.32 bits per heavy atom. The Kier molecular flexibility index (Phi) is 5.04. The second-order valence-corrected chi connectivity index (χ2v) is 8.79. The number of benzene rings is 1. The van der Waals surface area contributed by atoms with E-state index >= 15 is 0 Å². The minimum absolute atomic E-state index is 0.00299. The van der Waals surface area contributed by atoms with Crippen LogP contribution in [0.1, 0.15) is 23.2 Å². The first kappa shape index (κ1) is 18.2. The first-order chi connectivity index (χ1) is 11.8. The van der Waals surface area contributed by atoms with Gasteiger partial charge in [0.25, 0.3) is 5.91 Å². The van der Waals surface area contributed by atoms with Gasteiger partial charge in [-0.15, -0.1) is 0 Å². The Bertz CT molecular complexity index is 734. The molecule has 0 unspecified atom stereocenters. The third-order valence-corrected chi connectivity index (χ3v) is 6.33. The Labute approximate surface area is 148 Å². The molecule has 138 valence electrons. The van der Waals surface area contributed by atoms with Crippen LogP contribution in [0.5, 0.6) is 0 Å². The summed E-state index contributed by atoms with van der Waals surface area (Å²) in [5, 5.41) is 9.39. The molecule has 1 aliphatic heterocycles. The van der Waals surface area contributed by atoms with Crippen molar-refractivity contribution in [2.24, 2.45) is 5.92 Å². The highest BCUT2D eigenvalue weighted by molar-refractivity contribution is 7.92. The summed E-state index contributed by atoms with van der Waals surface area (Å²) < 4.78 is 30.1. The van der Waals surface area contributed by atoms with Crippen molar-refractivity contribution in [2.75, 3.05) is 37.4 Å². The molecule has 3 rings (SSSR count). The number of aliphatic hydroxyl groups excluding tert-OH is 1. The van der Waals surface area contributed by atoms with E-state index in [2.05, 4.69) is 0 Å². The van der Waals surface area contributed by atoms with Gasteiger partial charge in [0.1, 0.15) is 0 Å². The second kappa shape index (κ2) is 6.93. The molecule has 1 aromatic rings. The van der Waals surface area contributed by atoms with Gasteiger partial charge in [-0.1, -0.05) is 0 Å². The van der Waals surface area contributed by atoms with Crippen LogP contribution in [0.25, 0.3) is 0 Å². The van der Waals surface area contributed by atoms with Crippen LogP contribution in [-0.4, -0.2) is 69.5 Å². The van der Waals surface area contributed by atoms with Gasteiger partial charge in [-0.3, -0.25) is 9.10 Å². The van der Waals surface area contributed by atoms with Crippen LogP contribution in [0.3, 0.4) is 0 Å². The van der Waals surface area contributed by atoms with Crippen molar-refractivity contribution in [2.45, 2.75) is 25.0 Å². The van der Waals surface area contributed by atoms with Crippen LogP contribution >= 0.6 is 0 Å². The number of carbonyl (C=O) groups is 1. The third-order valence-electron chi connectivity index (χ3n) is 5.13. The topological polar surface area (TPSA) is 87.2 Å². The molecule has 1 heterocycles. The molecule has 1 amide bonds. The van der Waals surface area contributed by atoms with E-state index in [4.69, 9.17) is 4.74 Å². The summed E-state index contributed by atoms with van der Waals surface area (Å²) >= 11 is 0. The SMILES string of the molecule is CN(c1ccc(C(=O)N2CCO[C@H]3C[C@H](CO)C[C@@H]32)cc1)S(C)(=O)=O. The normalized spacial score (nSPS) is 26.4. The van der Waals surface area contributed by atoms with Gasteiger partial charge >= 0.3 is 0 Å². The monoisotopic (exact) mass is 368 g/mol. The highest BCUT2D eigenvalue weighted by Gasteiger charge is 2.42. The number of amides is 1. The Hall–Kier alpha value is -1.64. The van der Waals surface area contributed by atoms with Gasteiger partial charge in [0, 0.05) is 25.8 Å². The maximum atomic E-state index is 12.9. The maximum absolute atomic E-state index is 12.9. The molecule has 0 aromatic heterocycles. The molecule has 0 radical (unpaired) electrons. The zero-order valence-electron chi connectivity index (χ0n) is 14.5. The van der Waals surface area contributed by atoms with Gasteiger partial charge in [-0.2, -0.15) is 0 Å². The minimum Gasteiger partial charge on any atom is -0.396 e. The summed E-state index contributed by atoms with van der Waals surface area (Å²) in [5.74, 6) is 0.0969. The molecule has 0 spiro atoms. The van der Waals surface area contributed by atoms with Gasteiger partial charge in [0.2, 0.25) is 10.0 Å². The number of hydrogen-bond donors (Lipinski definition) is 1. The fraction of sp³-hybridized carbons (Fsp3) is 0.588. The predicted octanol–water partition coefficient (Wildman–Crippen LogP) is 0.694. The van der Waals surface area contributed by atoms with Crippen molar-refractivity contribution in [3.63, 3.8) is 0 Å². The lowest BCUT2D eigenvalue weighted by molar-refractivity contribution is -0.0448. The van der Waals surface area contributed by atoms with Gasteiger partial charge in [0.15, 0.2) is 0 Å². The number of carbonyl (C=O) groups excluding carboxylic acids is 1. The number of sulfonamides is 1. The molecule has 1 N–H and O–H groups in total. The van der Waals surface area contributed by atoms with Crippen molar-refractivity contribution < 1.29 is 23.1 Å². The second-order valence-electron chi connectivity index (χ2n) is 6.77. The van der Waals surface area contributed by atoms with E-state index in [1.807, 2.05) is 4.90 Å². The van der Waals surface area contributed by atoms with Crippen LogP contribution in [0, 0.1) is 5.92 Å². The summed E-state index contributed by atoms with van der Waals surface area (Å²) in [5.41, 5.74) is 1.04. The lowest BCUT2D eigenvalue weighted by Gasteiger charge is -2.37. The zero-order valence-corrected chi connectivity index (χ0v) is 15.3. The molecule has 8 heteroatoms. The van der Waals surface area contributed by atoms with Crippen molar-refractivity contribution >= 4 is 21.6 Å². The molecular weight excluding hydrogens is 344 g/mol. The lowest BCUT2D eigenvalue weighted by atomic mass is 10.1. The lowest BCUT2D eigenvalue weighted by Crippen LogP contribution is -2.51. The van der Waals surface area contributed by atoms with E-state index in [0.717, 1.165) is 19.1 Å². The fourth-order valence-corrected chi connectivity index (χ4v) is 4.13. The van der Waals surface area contributed by atoms with Gasteiger partial charge in [0.05, 0.1) is 30.7 Å². The fourth-order valence-electron chi connectivity index (χ4n) is 3.62. The summed E-state index contributed by atoms with van der Waals surface area (Å²) in [6.45, 7) is 1.15. The quantitative estimate of drug-likeness (QED) is 0.845. The summed E-state index contributed by atoms with van der Waals surface area (Å²) in [4.78, 5) is 14.7. The van der Waals surface area contributed by atoms with E-state index < -0.39 is 10.0 Å². The van der Waals surface area contributed by atoms with E-state index in [1.165, 1.54) is 11.4 Å². The van der Waals surface area contributed by atoms with Crippen LogP contribution in [0.15, 0.2) is 24.3 Å². The zero-order chi connectivity index (χ0) is 18.2. The van der Waals surface area contributed by atoms with Crippen LogP contribution in [-0.2, 0) is 14.8 Å². The summed E-state index contributed by atoms with van der Waals surface area (Å²) in [6.07, 6.45) is 2.66. The molecule has 1 saturated heterocycles. The first-order valence-electron chi connectivity index (χ1n) is 8.38. The van der Waals surface area contributed by atoms with Crippen LogP contribution < -0.4 is 4.31 Å². The average Bonchev–Trinajstić information content (AvgIpc) is 3.03. The highest BCUT2D eigenvalue weighted by atomic mass is 32.2. The summed E-state index contributed by atoms with van der Waals surface area (Å²) in [7, 11) is -1.85. The Balaban J connectivity index is 1.76. The largest absolute Gasteiger partial charge is 0.396 e. The molecule has 2 aliphatic rings. The molecule has 1 aromatic carbocycles. The van der Waals surface area contributed by atoms with Gasteiger partial charge in [-0.05, 0) is 43.0 Å².